The number of fused-ring (bicyclic) bond motifs is 2. The fraction of sp³-hybridized carbons (Fsp3) is 0.125. The summed E-state index contributed by atoms with van der Waals surface area (Å²) < 4.78 is 58.7. The molecule has 0 bridgehead atoms. The largest absolute Gasteiger partial charge is 0.423 e. The lowest BCUT2D eigenvalue weighted by molar-refractivity contribution is -0.384. The van der Waals surface area contributed by atoms with Crippen molar-refractivity contribution >= 4 is 27.5 Å². The van der Waals surface area contributed by atoms with Gasteiger partial charge in [0.25, 0.3) is 5.69 Å². The summed E-state index contributed by atoms with van der Waals surface area (Å²) in [6.07, 6.45) is -2.33. The van der Waals surface area contributed by atoms with Crippen molar-refractivity contribution < 1.29 is 27.6 Å². The van der Waals surface area contributed by atoms with E-state index in [9.17, 15) is 32.8 Å². The van der Waals surface area contributed by atoms with Gasteiger partial charge in [-0.3, -0.25) is 10.1 Å². The molecule has 1 unspecified atom stereocenters. The summed E-state index contributed by atoms with van der Waals surface area (Å²) in [5, 5.41) is 26.9. The van der Waals surface area contributed by atoms with E-state index in [-0.39, 0.29) is 11.3 Å². The van der Waals surface area contributed by atoms with Crippen LogP contribution in [-0.2, 0) is 12.1 Å². The molecule has 1 atom stereocenters. The van der Waals surface area contributed by atoms with Crippen LogP contribution in [0.15, 0.2) is 79.1 Å². The summed E-state index contributed by atoms with van der Waals surface area (Å²) in [6, 6.07) is 14.5. The second kappa shape index (κ2) is 7.91. The maximum Gasteiger partial charge on any atom is 0.423 e. The molecule has 178 valence electrons. The predicted molar refractivity (Wildman–Crippen MR) is 120 cm³/mol. The first-order valence-corrected chi connectivity index (χ1v) is 10.3. The van der Waals surface area contributed by atoms with Crippen LogP contribution >= 0.6 is 0 Å². The standard InChI is InChI=1S/C24H16F4N4O3/c25-18-2-4-19(5-3-18)31-22-7-1-17(11-16(22)13-29-31)23(33,24(26,27)28)14-30-10-9-15-12-20(32(34)35)6-8-21(15)30/h1-13,33H,14H2. The molecule has 0 aliphatic carbocycles. The van der Waals surface area contributed by atoms with Crippen LogP contribution < -0.4 is 0 Å². The highest BCUT2D eigenvalue weighted by Gasteiger charge is 2.55. The molecule has 0 spiro atoms. The van der Waals surface area contributed by atoms with Gasteiger partial charge in [-0.1, -0.05) is 6.07 Å². The van der Waals surface area contributed by atoms with Crippen molar-refractivity contribution in [2.45, 2.75) is 18.3 Å². The summed E-state index contributed by atoms with van der Waals surface area (Å²) >= 11 is 0. The number of aliphatic hydroxyl groups is 1. The SMILES string of the molecule is O=[N+]([O-])c1ccc2c(ccn2CC(O)(c2ccc3c(cnn3-c3ccc(F)cc3)c2)C(F)(F)F)c1. The van der Waals surface area contributed by atoms with E-state index in [4.69, 9.17) is 0 Å². The highest BCUT2D eigenvalue weighted by atomic mass is 19.4. The molecule has 7 nitrogen and oxygen atoms in total. The van der Waals surface area contributed by atoms with Crippen molar-refractivity contribution in [1.82, 2.24) is 14.3 Å². The van der Waals surface area contributed by atoms with Gasteiger partial charge in [0.15, 0.2) is 0 Å². The molecule has 0 fully saturated rings. The number of benzene rings is 3. The third-order valence-electron chi connectivity index (χ3n) is 5.95. The normalized spacial score (nSPS) is 13.9. The van der Waals surface area contributed by atoms with E-state index in [1.165, 1.54) is 88.4 Å². The molecular formula is C24H16F4N4O3. The van der Waals surface area contributed by atoms with Gasteiger partial charge in [0.2, 0.25) is 5.60 Å². The van der Waals surface area contributed by atoms with Gasteiger partial charge in [0, 0.05) is 34.6 Å². The van der Waals surface area contributed by atoms with Gasteiger partial charge < -0.3 is 9.67 Å². The Morgan fingerprint density at radius 1 is 0.943 bits per heavy atom. The molecule has 0 aliphatic heterocycles. The van der Waals surface area contributed by atoms with Crippen molar-refractivity contribution in [2.75, 3.05) is 0 Å². The van der Waals surface area contributed by atoms with Gasteiger partial charge in [-0.15, -0.1) is 0 Å². The number of aromatic nitrogens is 3. The maximum absolute atomic E-state index is 14.3. The Hall–Kier alpha value is -4.25. The van der Waals surface area contributed by atoms with E-state index in [2.05, 4.69) is 5.10 Å². The number of nitro benzene ring substituents is 1. The van der Waals surface area contributed by atoms with Crippen molar-refractivity contribution in [2.24, 2.45) is 0 Å². The zero-order valence-electron chi connectivity index (χ0n) is 17.8. The zero-order valence-corrected chi connectivity index (χ0v) is 17.8. The minimum Gasteiger partial charge on any atom is -0.375 e. The molecule has 0 saturated carbocycles. The number of rotatable bonds is 5. The molecule has 5 rings (SSSR count). The molecule has 3 aromatic carbocycles. The maximum atomic E-state index is 14.3. The zero-order chi connectivity index (χ0) is 25.0. The molecule has 11 heteroatoms. The monoisotopic (exact) mass is 484 g/mol. The van der Waals surface area contributed by atoms with Gasteiger partial charge in [-0.05, 0) is 54.1 Å². The first kappa shape index (κ1) is 22.5. The van der Waals surface area contributed by atoms with Crippen LogP contribution in [-0.4, -0.2) is 30.6 Å². The van der Waals surface area contributed by atoms with Crippen LogP contribution in [0.2, 0.25) is 0 Å². The van der Waals surface area contributed by atoms with E-state index in [0.29, 0.717) is 27.5 Å². The Labute approximate surface area is 194 Å². The van der Waals surface area contributed by atoms with E-state index < -0.39 is 29.1 Å². The van der Waals surface area contributed by atoms with Crippen LogP contribution in [0.25, 0.3) is 27.5 Å². The fourth-order valence-corrected chi connectivity index (χ4v) is 4.11. The van der Waals surface area contributed by atoms with Gasteiger partial charge >= 0.3 is 6.18 Å². The Balaban J connectivity index is 1.56. The highest BCUT2D eigenvalue weighted by Crippen LogP contribution is 2.42. The van der Waals surface area contributed by atoms with Crippen molar-refractivity contribution in [3.8, 4) is 5.69 Å². The van der Waals surface area contributed by atoms with Crippen LogP contribution in [0.1, 0.15) is 5.56 Å². The van der Waals surface area contributed by atoms with Crippen molar-refractivity contribution in [3.63, 3.8) is 0 Å². The summed E-state index contributed by atoms with van der Waals surface area (Å²) in [6.45, 7) is -0.866. The number of alkyl halides is 3. The molecule has 0 saturated heterocycles. The molecule has 1 N–H and O–H groups in total. The molecule has 0 aliphatic rings. The predicted octanol–water partition coefficient (Wildman–Crippen LogP) is 5.48. The molecule has 5 aromatic rings. The summed E-state index contributed by atoms with van der Waals surface area (Å²) in [7, 11) is 0. The fourth-order valence-electron chi connectivity index (χ4n) is 4.11. The average Bonchev–Trinajstić information content (AvgIpc) is 3.42. The quantitative estimate of drug-likeness (QED) is 0.203. The van der Waals surface area contributed by atoms with Gasteiger partial charge in [-0.25, -0.2) is 9.07 Å². The smallest absolute Gasteiger partial charge is 0.375 e. The van der Waals surface area contributed by atoms with Gasteiger partial charge in [0.05, 0.1) is 28.9 Å². The number of non-ortho nitro benzene ring substituents is 1. The number of nitro groups is 1. The lowest BCUT2D eigenvalue weighted by Crippen LogP contribution is -2.45. The summed E-state index contributed by atoms with van der Waals surface area (Å²) in [5.41, 5.74) is -2.53. The second-order valence-corrected chi connectivity index (χ2v) is 8.11. The third-order valence-corrected chi connectivity index (χ3v) is 5.95. The Morgan fingerprint density at radius 2 is 1.66 bits per heavy atom. The Morgan fingerprint density at radius 3 is 2.34 bits per heavy atom. The topological polar surface area (TPSA) is 86.1 Å². The van der Waals surface area contributed by atoms with Crippen LogP contribution in [0.3, 0.4) is 0 Å². The van der Waals surface area contributed by atoms with Crippen LogP contribution in [0, 0.1) is 15.9 Å². The van der Waals surface area contributed by atoms with Gasteiger partial charge in [0.1, 0.15) is 5.82 Å². The average molecular weight is 484 g/mol. The van der Waals surface area contributed by atoms with Gasteiger partial charge in [-0.2, -0.15) is 18.3 Å². The molecule has 35 heavy (non-hydrogen) atoms. The minimum atomic E-state index is -5.04. The summed E-state index contributed by atoms with van der Waals surface area (Å²) in [4.78, 5) is 10.4. The van der Waals surface area contributed by atoms with E-state index >= 15 is 0 Å². The first-order valence-electron chi connectivity index (χ1n) is 10.3. The van der Waals surface area contributed by atoms with E-state index in [1.54, 1.807) is 0 Å². The number of hydrogen-bond acceptors (Lipinski definition) is 4. The van der Waals surface area contributed by atoms with Crippen LogP contribution in [0.4, 0.5) is 23.2 Å². The minimum absolute atomic E-state index is 0.190. The van der Waals surface area contributed by atoms with Crippen LogP contribution in [0.5, 0.6) is 0 Å². The second-order valence-electron chi connectivity index (χ2n) is 8.11. The lowest BCUT2D eigenvalue weighted by atomic mass is 9.91. The van der Waals surface area contributed by atoms with Crippen molar-refractivity contribution in [3.05, 3.63) is 101 Å². The third kappa shape index (κ3) is 3.79. The molecule has 0 amide bonds. The molecular weight excluding hydrogens is 468 g/mol. The molecule has 0 radical (unpaired) electrons. The van der Waals surface area contributed by atoms with E-state index in [0.717, 1.165) is 0 Å². The molecule has 2 heterocycles. The van der Waals surface area contributed by atoms with E-state index in [1.807, 2.05) is 0 Å². The summed E-state index contributed by atoms with van der Waals surface area (Å²) in [5.74, 6) is -0.435. The lowest BCUT2D eigenvalue weighted by Gasteiger charge is -2.31. The number of hydrogen-bond donors (Lipinski definition) is 1. The van der Waals surface area contributed by atoms with Crippen molar-refractivity contribution in [1.29, 1.82) is 0 Å². The Bertz CT molecular complexity index is 1570. The first-order chi connectivity index (χ1) is 16.6. The highest BCUT2D eigenvalue weighted by molar-refractivity contribution is 5.83. The Kier molecular flexibility index (Phi) is 5.09. The molecule has 2 aromatic heterocycles. The number of halogens is 4. The number of nitrogens with zero attached hydrogens (tertiary/aromatic N) is 4.